The number of aryl methyl sites for hydroxylation is 3. The highest BCUT2D eigenvalue weighted by Crippen LogP contribution is 2.18. The van der Waals surface area contributed by atoms with Crippen LogP contribution >= 0.6 is 0 Å². The molecule has 3 rings (SSSR count). The molecule has 3 heterocycles. The summed E-state index contributed by atoms with van der Waals surface area (Å²) in [5, 5.41) is 9.55. The number of nitrogens with one attached hydrogen (secondary N) is 3. The Morgan fingerprint density at radius 1 is 0.944 bits per heavy atom. The maximum Gasteiger partial charge on any atom is 0.359 e. The first-order valence-corrected chi connectivity index (χ1v) is 11.3. The maximum atomic E-state index is 12.9. The normalized spacial score (nSPS) is 10.9. The summed E-state index contributed by atoms with van der Waals surface area (Å²) in [6.07, 6.45) is 6.14. The van der Waals surface area contributed by atoms with Crippen LogP contribution in [-0.2, 0) is 25.9 Å². The molecule has 4 amide bonds. The number of aromatic nitrogens is 4. The third kappa shape index (κ3) is 6.46. The van der Waals surface area contributed by atoms with Gasteiger partial charge >= 0.3 is 5.91 Å². The lowest BCUT2D eigenvalue weighted by atomic mass is 10.3. The van der Waals surface area contributed by atoms with E-state index in [0.717, 1.165) is 13.0 Å². The molecular formula is C23H32N9O4+. The maximum absolute atomic E-state index is 12.9. The van der Waals surface area contributed by atoms with E-state index in [-0.39, 0.29) is 17.5 Å². The van der Waals surface area contributed by atoms with Crippen LogP contribution < -0.4 is 21.3 Å². The number of imidazole rings is 1. The zero-order valence-electron chi connectivity index (χ0n) is 21.0. The zero-order chi connectivity index (χ0) is 26.4. The lowest BCUT2D eigenvalue weighted by Gasteiger charge is -2.07. The first-order valence-electron chi connectivity index (χ1n) is 11.3. The molecule has 192 valence electrons. The molecule has 0 aliphatic carbocycles. The highest BCUT2D eigenvalue weighted by atomic mass is 16.2. The molecule has 3 aromatic heterocycles. The third-order valence-corrected chi connectivity index (χ3v) is 5.44. The van der Waals surface area contributed by atoms with E-state index in [1.54, 1.807) is 54.1 Å². The van der Waals surface area contributed by atoms with Crippen molar-refractivity contribution >= 4 is 41.3 Å². The molecule has 0 saturated carbocycles. The van der Waals surface area contributed by atoms with Gasteiger partial charge in [0.05, 0.1) is 17.9 Å². The van der Waals surface area contributed by atoms with Gasteiger partial charge < -0.3 is 34.6 Å². The second-order valence-electron chi connectivity index (χ2n) is 8.69. The summed E-state index contributed by atoms with van der Waals surface area (Å²) in [7, 11) is 9.03. The van der Waals surface area contributed by atoms with Gasteiger partial charge in [-0.2, -0.15) is 0 Å². The van der Waals surface area contributed by atoms with Crippen molar-refractivity contribution in [3.05, 3.63) is 47.9 Å². The summed E-state index contributed by atoms with van der Waals surface area (Å²) >= 11 is 0. The highest BCUT2D eigenvalue weighted by Gasteiger charge is 2.20. The second-order valence-corrected chi connectivity index (χ2v) is 8.69. The van der Waals surface area contributed by atoms with Gasteiger partial charge in [0.1, 0.15) is 11.4 Å². The second kappa shape index (κ2) is 11.5. The van der Waals surface area contributed by atoms with Crippen LogP contribution in [0.2, 0.25) is 0 Å². The van der Waals surface area contributed by atoms with Crippen molar-refractivity contribution in [3.63, 3.8) is 0 Å². The molecule has 0 aliphatic heterocycles. The van der Waals surface area contributed by atoms with Gasteiger partial charge in [0.25, 0.3) is 11.8 Å². The number of carbonyl (C=O) groups is 4. The van der Waals surface area contributed by atoms with Crippen molar-refractivity contribution in [3.8, 4) is 0 Å². The Kier molecular flexibility index (Phi) is 8.40. The van der Waals surface area contributed by atoms with Gasteiger partial charge in [-0.15, -0.1) is 0 Å². The molecule has 0 spiro atoms. The zero-order valence-corrected chi connectivity index (χ0v) is 21.0. The molecule has 0 radical (unpaired) electrons. The number of rotatable bonds is 11. The molecule has 36 heavy (non-hydrogen) atoms. The van der Waals surface area contributed by atoms with E-state index in [1.807, 2.05) is 14.1 Å². The number of hydrogen-bond acceptors (Lipinski definition) is 6. The van der Waals surface area contributed by atoms with Crippen molar-refractivity contribution in [1.82, 2.24) is 23.6 Å². The summed E-state index contributed by atoms with van der Waals surface area (Å²) in [6, 6.07) is 3.18. The molecule has 3 aromatic rings. The van der Waals surface area contributed by atoms with Gasteiger partial charge in [-0.25, -0.2) is 9.78 Å². The van der Waals surface area contributed by atoms with Crippen molar-refractivity contribution in [2.75, 3.05) is 43.1 Å². The van der Waals surface area contributed by atoms with Gasteiger partial charge in [-0.3, -0.25) is 19.7 Å². The minimum absolute atomic E-state index is 0.0919. The van der Waals surface area contributed by atoms with E-state index < -0.39 is 11.8 Å². The average Bonchev–Trinajstić information content (AvgIpc) is 3.47. The molecule has 5 N–H and O–H groups in total. The Bertz CT molecular complexity index is 1270. The van der Waals surface area contributed by atoms with Gasteiger partial charge in [0, 0.05) is 52.7 Å². The quantitative estimate of drug-likeness (QED) is 0.213. The number of primary amides is 1. The van der Waals surface area contributed by atoms with Crippen LogP contribution in [0, 0.1) is 0 Å². The van der Waals surface area contributed by atoms with E-state index in [9.17, 15) is 19.2 Å². The fourth-order valence-electron chi connectivity index (χ4n) is 3.67. The first kappa shape index (κ1) is 26.4. The van der Waals surface area contributed by atoms with Crippen LogP contribution in [0.3, 0.4) is 0 Å². The lowest BCUT2D eigenvalue weighted by Crippen LogP contribution is -2.88. The largest absolute Gasteiger partial charge is 0.359 e. The van der Waals surface area contributed by atoms with E-state index in [0.29, 0.717) is 35.7 Å². The fraction of sp³-hybridized carbons (Fsp3) is 0.348. The molecule has 0 aromatic carbocycles. The number of quaternary nitrogens is 1. The minimum atomic E-state index is -0.498. The molecule has 13 nitrogen and oxygen atoms in total. The molecule has 0 aliphatic rings. The van der Waals surface area contributed by atoms with E-state index in [1.165, 1.54) is 16.8 Å². The standard InChI is InChI=1S/C23H31N9O4/c1-29(2)8-6-7-24-21(34)17-9-15(11-30(17)3)26-22(35)18-10-16(12-31(18)4)27-23(36)20-28-19(25-14-33)13-32(20)5/h9-14H,6-8H2,1-5H3,(H,24,34)(H,25,33)(H,26,35)(H,27,36)/p+1. The number of hydrogen-bond donors (Lipinski definition) is 4. The van der Waals surface area contributed by atoms with Crippen LogP contribution in [0.1, 0.15) is 38.0 Å². The van der Waals surface area contributed by atoms with Crippen molar-refractivity contribution in [1.29, 1.82) is 0 Å². The van der Waals surface area contributed by atoms with Crippen LogP contribution in [0.15, 0.2) is 30.7 Å². The number of carbonyl (C=O) groups excluding carboxylic acids is 4. The Labute approximate surface area is 208 Å². The number of nitrogens with zero attached hydrogens (tertiary/aromatic N) is 5. The Morgan fingerprint density at radius 2 is 1.56 bits per heavy atom. The van der Waals surface area contributed by atoms with Crippen LogP contribution in [-0.4, -0.2) is 74.9 Å². The third-order valence-electron chi connectivity index (χ3n) is 5.44. The summed E-state index contributed by atoms with van der Waals surface area (Å²) in [6.45, 7) is 1.58. The average molecular weight is 499 g/mol. The van der Waals surface area contributed by atoms with Crippen molar-refractivity contribution < 1.29 is 24.5 Å². The monoisotopic (exact) mass is 498 g/mol. The van der Waals surface area contributed by atoms with Gasteiger partial charge in [0.15, 0.2) is 5.82 Å². The predicted octanol–water partition coefficient (Wildman–Crippen LogP) is -0.175. The molecule has 0 bridgehead atoms. The fourth-order valence-corrected chi connectivity index (χ4v) is 3.67. The Balaban J connectivity index is 1.63. The van der Waals surface area contributed by atoms with E-state index >= 15 is 0 Å². The summed E-state index contributed by atoms with van der Waals surface area (Å²) < 4.78 is 4.74. The predicted molar refractivity (Wildman–Crippen MR) is 134 cm³/mol. The number of amides is 4. The van der Waals surface area contributed by atoms with Crippen LogP contribution in [0.4, 0.5) is 17.2 Å². The van der Waals surface area contributed by atoms with Gasteiger partial charge in [-0.1, -0.05) is 0 Å². The van der Waals surface area contributed by atoms with Crippen molar-refractivity contribution in [2.24, 2.45) is 21.1 Å². The molecule has 0 fully saturated rings. The highest BCUT2D eigenvalue weighted by molar-refractivity contribution is 6.06. The smallest absolute Gasteiger partial charge is 0.344 e. The van der Waals surface area contributed by atoms with Crippen LogP contribution in [0.25, 0.3) is 0 Å². The molecule has 13 heteroatoms. The number of anilines is 3. The topological polar surface area (TPSA) is 152 Å². The van der Waals surface area contributed by atoms with Gasteiger partial charge in [0.2, 0.25) is 12.2 Å². The van der Waals surface area contributed by atoms with Crippen molar-refractivity contribution in [2.45, 2.75) is 6.42 Å². The molecule has 0 unspecified atom stereocenters. The summed E-state index contributed by atoms with van der Waals surface area (Å²) in [5.41, 5.74) is 1.67. The first-order chi connectivity index (χ1) is 17.1. The van der Waals surface area contributed by atoms with Crippen LogP contribution in [0.5, 0.6) is 0 Å². The minimum Gasteiger partial charge on any atom is -0.344 e. The summed E-state index contributed by atoms with van der Waals surface area (Å²) in [4.78, 5) is 54.8. The van der Waals surface area contributed by atoms with E-state index in [4.69, 9.17) is 0 Å². The lowest BCUT2D eigenvalue weighted by molar-refractivity contribution is -0.555. The Hall–Kier alpha value is -4.23. The number of nitrogens with two attached hydrogens (primary N) is 1. The molecular weight excluding hydrogens is 466 g/mol. The molecule has 0 atom stereocenters. The molecule has 0 saturated heterocycles. The summed E-state index contributed by atoms with van der Waals surface area (Å²) in [5.74, 6) is -0.651. The SMILES string of the molecule is CN(C)CCC[NH2+]C(=O)c1cc(NC(=O)c2cc(NC(=O)c3nc(NC=O)cn3C)cn2C)cn1C. The van der Waals surface area contributed by atoms with E-state index in [2.05, 4.69) is 25.8 Å². The Morgan fingerprint density at radius 3 is 2.19 bits per heavy atom. The van der Waals surface area contributed by atoms with Gasteiger partial charge in [-0.05, 0) is 26.2 Å².